The maximum Gasteiger partial charge on any atom is 0.417 e. The van der Waals surface area contributed by atoms with E-state index in [9.17, 15) is 13.2 Å². The molecule has 1 saturated carbocycles. The Labute approximate surface area is 156 Å². The Kier molecular flexibility index (Phi) is 9.40. The molecular formula is C20H34F3NO2. The summed E-state index contributed by atoms with van der Waals surface area (Å²) in [6.45, 7) is 7.80. The van der Waals surface area contributed by atoms with E-state index in [4.69, 9.17) is 14.7 Å². The molecule has 0 aliphatic heterocycles. The van der Waals surface area contributed by atoms with Gasteiger partial charge in [0.15, 0.2) is 11.9 Å². The van der Waals surface area contributed by atoms with Gasteiger partial charge in [-0.05, 0) is 64.2 Å². The highest BCUT2D eigenvalue weighted by molar-refractivity contribution is 4.96. The van der Waals surface area contributed by atoms with Crippen LogP contribution in [0.25, 0.3) is 0 Å². The fourth-order valence-electron chi connectivity index (χ4n) is 4.06. The van der Waals surface area contributed by atoms with Crippen molar-refractivity contribution in [1.29, 1.82) is 5.26 Å². The summed E-state index contributed by atoms with van der Waals surface area (Å²) in [7, 11) is 0. The van der Waals surface area contributed by atoms with E-state index in [1.165, 1.54) is 0 Å². The third-order valence-corrected chi connectivity index (χ3v) is 5.57. The highest BCUT2D eigenvalue weighted by Crippen LogP contribution is 2.49. The number of rotatable bonds is 10. The summed E-state index contributed by atoms with van der Waals surface area (Å²) in [5.74, 6) is -0.0972. The molecule has 5 unspecified atom stereocenters. The average Bonchev–Trinajstić information content (AvgIpc) is 2.58. The quantitative estimate of drug-likeness (QED) is 0.335. The lowest BCUT2D eigenvalue weighted by molar-refractivity contribution is -0.333. The maximum absolute atomic E-state index is 14.0. The molecule has 5 atom stereocenters. The number of hydrogen-bond donors (Lipinski definition) is 0. The van der Waals surface area contributed by atoms with Gasteiger partial charge < -0.3 is 9.47 Å². The van der Waals surface area contributed by atoms with Gasteiger partial charge in [-0.3, -0.25) is 0 Å². The molecule has 0 radical (unpaired) electrons. The fourth-order valence-corrected chi connectivity index (χ4v) is 4.06. The topological polar surface area (TPSA) is 42.2 Å². The summed E-state index contributed by atoms with van der Waals surface area (Å²) in [5.41, 5.74) is -2.13. The third kappa shape index (κ3) is 6.42. The third-order valence-electron chi connectivity index (χ3n) is 5.57. The molecule has 1 rings (SSSR count). The number of nitrogens with zero attached hydrogens (tertiary/aromatic N) is 1. The van der Waals surface area contributed by atoms with Crippen LogP contribution in [0.3, 0.4) is 0 Å². The molecule has 0 amide bonds. The first-order valence-electron chi connectivity index (χ1n) is 9.94. The van der Waals surface area contributed by atoms with Crippen molar-refractivity contribution in [2.75, 3.05) is 6.61 Å². The first kappa shape index (κ1) is 23.2. The van der Waals surface area contributed by atoms with E-state index in [1.54, 1.807) is 6.92 Å². The minimum atomic E-state index is -4.42. The minimum absolute atomic E-state index is 0.0152. The number of unbranched alkanes of at least 4 members (excludes halogenated alkanes) is 1. The number of halogens is 3. The smallest absolute Gasteiger partial charge is 0.353 e. The molecule has 0 bridgehead atoms. The number of nitriles is 1. The van der Waals surface area contributed by atoms with E-state index in [2.05, 4.69) is 6.07 Å². The van der Waals surface area contributed by atoms with Crippen LogP contribution in [0.5, 0.6) is 0 Å². The van der Waals surface area contributed by atoms with Crippen LogP contribution in [0.2, 0.25) is 0 Å². The van der Waals surface area contributed by atoms with Crippen LogP contribution >= 0.6 is 0 Å². The molecule has 1 aliphatic carbocycles. The Balaban J connectivity index is 2.88. The standard InChI is InChI=1S/C20H34F3NO2/c1-5-7-11-25-16(4)26-19(20(21,22)23)10-8-9-18(13-19)17(6-2)12-15(3)14-24/h15-18H,5-13H2,1-4H3. The first-order chi connectivity index (χ1) is 12.2. The van der Waals surface area contributed by atoms with Crippen LogP contribution in [-0.4, -0.2) is 24.7 Å². The summed E-state index contributed by atoms with van der Waals surface area (Å²) >= 11 is 0. The monoisotopic (exact) mass is 377 g/mol. The predicted molar refractivity (Wildman–Crippen MR) is 95.3 cm³/mol. The van der Waals surface area contributed by atoms with E-state index >= 15 is 0 Å². The molecule has 1 aliphatic rings. The van der Waals surface area contributed by atoms with E-state index in [0.717, 1.165) is 25.7 Å². The Morgan fingerprint density at radius 1 is 1.27 bits per heavy atom. The Morgan fingerprint density at radius 2 is 1.96 bits per heavy atom. The van der Waals surface area contributed by atoms with Gasteiger partial charge in [0.25, 0.3) is 0 Å². The van der Waals surface area contributed by atoms with Crippen molar-refractivity contribution in [1.82, 2.24) is 0 Å². The van der Waals surface area contributed by atoms with Gasteiger partial charge in [-0.15, -0.1) is 0 Å². The van der Waals surface area contributed by atoms with Crippen LogP contribution < -0.4 is 0 Å². The van der Waals surface area contributed by atoms with Crippen molar-refractivity contribution >= 4 is 0 Å². The van der Waals surface area contributed by atoms with Crippen LogP contribution in [0.15, 0.2) is 0 Å². The SMILES string of the molecule is CCCCOC(C)OC1(C(F)(F)F)CCCC(C(CC)CC(C)C#N)C1. The van der Waals surface area contributed by atoms with Gasteiger partial charge >= 0.3 is 6.18 Å². The van der Waals surface area contributed by atoms with E-state index in [1.807, 2.05) is 20.8 Å². The fraction of sp³-hybridized carbons (Fsp3) is 0.950. The zero-order chi connectivity index (χ0) is 19.8. The highest BCUT2D eigenvalue weighted by Gasteiger charge is 2.59. The molecule has 3 nitrogen and oxygen atoms in total. The summed E-state index contributed by atoms with van der Waals surface area (Å²) in [4.78, 5) is 0. The second-order valence-electron chi connectivity index (χ2n) is 7.69. The Bertz CT molecular complexity index is 449. The maximum atomic E-state index is 14.0. The lowest BCUT2D eigenvalue weighted by Crippen LogP contribution is -2.53. The summed E-state index contributed by atoms with van der Waals surface area (Å²) < 4.78 is 52.9. The Hall–Kier alpha value is -0.800. The Morgan fingerprint density at radius 3 is 2.50 bits per heavy atom. The minimum Gasteiger partial charge on any atom is -0.353 e. The second-order valence-corrected chi connectivity index (χ2v) is 7.69. The van der Waals surface area contributed by atoms with E-state index in [0.29, 0.717) is 19.4 Å². The number of ether oxygens (including phenoxy) is 2. The molecule has 0 N–H and O–H groups in total. The number of alkyl halides is 3. The van der Waals surface area contributed by atoms with Crippen LogP contribution in [0, 0.1) is 29.1 Å². The molecule has 152 valence electrons. The zero-order valence-corrected chi connectivity index (χ0v) is 16.6. The molecule has 0 saturated heterocycles. The summed E-state index contributed by atoms with van der Waals surface area (Å²) in [6.07, 6.45) is -0.929. The van der Waals surface area contributed by atoms with Crippen molar-refractivity contribution in [2.45, 2.75) is 97.1 Å². The zero-order valence-electron chi connectivity index (χ0n) is 16.6. The van der Waals surface area contributed by atoms with Gasteiger partial charge in [0.1, 0.15) is 0 Å². The van der Waals surface area contributed by atoms with E-state index < -0.39 is 18.1 Å². The van der Waals surface area contributed by atoms with Gasteiger partial charge in [0, 0.05) is 12.5 Å². The molecule has 0 aromatic carbocycles. The first-order valence-corrected chi connectivity index (χ1v) is 9.94. The molecule has 0 spiro atoms. The highest BCUT2D eigenvalue weighted by atomic mass is 19.4. The van der Waals surface area contributed by atoms with Gasteiger partial charge in [-0.2, -0.15) is 18.4 Å². The lowest BCUT2D eigenvalue weighted by Gasteiger charge is -2.45. The molecular weight excluding hydrogens is 343 g/mol. The van der Waals surface area contributed by atoms with E-state index in [-0.39, 0.29) is 30.6 Å². The average molecular weight is 377 g/mol. The summed E-state index contributed by atoms with van der Waals surface area (Å²) in [6, 6.07) is 2.21. The van der Waals surface area contributed by atoms with Crippen molar-refractivity contribution in [3.8, 4) is 6.07 Å². The number of hydrogen-bond acceptors (Lipinski definition) is 3. The molecule has 6 heteroatoms. The van der Waals surface area contributed by atoms with Crippen LogP contribution in [-0.2, 0) is 9.47 Å². The van der Waals surface area contributed by atoms with Gasteiger partial charge in [-0.25, -0.2) is 0 Å². The molecule has 0 aromatic rings. The van der Waals surface area contributed by atoms with Gasteiger partial charge in [0.2, 0.25) is 0 Å². The van der Waals surface area contributed by atoms with Crippen LogP contribution in [0.1, 0.15) is 79.1 Å². The van der Waals surface area contributed by atoms with Crippen molar-refractivity contribution < 1.29 is 22.6 Å². The second kappa shape index (κ2) is 10.5. The predicted octanol–water partition coefficient (Wildman–Crippen LogP) is 6.23. The van der Waals surface area contributed by atoms with Crippen molar-refractivity contribution in [3.05, 3.63) is 0 Å². The molecule has 0 heterocycles. The van der Waals surface area contributed by atoms with Gasteiger partial charge in [-0.1, -0.05) is 26.7 Å². The van der Waals surface area contributed by atoms with Crippen molar-refractivity contribution in [2.24, 2.45) is 17.8 Å². The largest absolute Gasteiger partial charge is 0.417 e. The molecule has 1 fully saturated rings. The molecule has 0 aromatic heterocycles. The van der Waals surface area contributed by atoms with Crippen LogP contribution in [0.4, 0.5) is 13.2 Å². The normalized spacial score (nSPS) is 27.5. The van der Waals surface area contributed by atoms with Gasteiger partial charge in [0.05, 0.1) is 6.07 Å². The molecule has 26 heavy (non-hydrogen) atoms. The lowest BCUT2D eigenvalue weighted by atomic mass is 9.69. The van der Waals surface area contributed by atoms with Crippen molar-refractivity contribution in [3.63, 3.8) is 0 Å². The summed E-state index contributed by atoms with van der Waals surface area (Å²) in [5, 5.41) is 9.06.